The first-order valence-electron chi connectivity index (χ1n) is 3.24. The molecule has 0 aromatic carbocycles. The zero-order valence-electron chi connectivity index (χ0n) is 6.29. The number of ether oxygens (including phenoxy) is 1. The topological polar surface area (TPSA) is 29.5 Å². The minimum absolute atomic E-state index is 0.551. The summed E-state index contributed by atoms with van der Waals surface area (Å²) < 4.78 is 4.70. The van der Waals surface area contributed by atoms with Crippen LogP contribution in [-0.2, 0) is 4.74 Å². The van der Waals surface area contributed by atoms with E-state index in [4.69, 9.17) is 9.84 Å². The van der Waals surface area contributed by atoms with E-state index in [9.17, 15) is 0 Å². The lowest BCUT2D eigenvalue weighted by molar-refractivity contribution is 0.270. The Bertz CT molecular complexity index is 150. The van der Waals surface area contributed by atoms with Gasteiger partial charge in [0.1, 0.15) is 12.2 Å². The van der Waals surface area contributed by atoms with Gasteiger partial charge in [-0.05, 0) is 25.8 Å². The normalized spacial score (nSPS) is 12.3. The molecule has 0 radical (unpaired) electrons. The van der Waals surface area contributed by atoms with E-state index in [1.165, 1.54) is 0 Å². The lowest BCUT2D eigenvalue weighted by Gasteiger charge is -1.90. The van der Waals surface area contributed by atoms with E-state index in [2.05, 4.69) is 12.0 Å². The summed E-state index contributed by atoms with van der Waals surface area (Å²) in [6, 6.07) is 0. The van der Waals surface area contributed by atoms with Crippen LogP contribution in [-0.4, -0.2) is 17.8 Å². The largest absolute Gasteiger partial charge is 0.447 e. The van der Waals surface area contributed by atoms with Crippen molar-refractivity contribution in [2.24, 2.45) is 0 Å². The van der Waals surface area contributed by atoms with Crippen LogP contribution in [0.3, 0.4) is 0 Å². The third-order valence-electron chi connectivity index (χ3n) is 0.798. The highest BCUT2D eigenvalue weighted by Gasteiger charge is 1.86. The van der Waals surface area contributed by atoms with Crippen molar-refractivity contribution in [3.63, 3.8) is 0 Å². The fraction of sp³-hybridized carbons (Fsp3) is 0.500. The van der Waals surface area contributed by atoms with Gasteiger partial charge >= 0.3 is 0 Å². The third kappa shape index (κ3) is 5.20. The molecule has 10 heavy (non-hydrogen) atoms. The SMILES string of the molecule is C/C=C/C(O)C#COCC. The van der Waals surface area contributed by atoms with Crippen LogP contribution < -0.4 is 0 Å². The summed E-state index contributed by atoms with van der Waals surface area (Å²) in [6.45, 7) is 4.22. The van der Waals surface area contributed by atoms with Crippen molar-refractivity contribution in [1.29, 1.82) is 0 Å². The van der Waals surface area contributed by atoms with E-state index in [0.717, 1.165) is 0 Å². The van der Waals surface area contributed by atoms with Gasteiger partial charge in [-0.1, -0.05) is 6.08 Å². The van der Waals surface area contributed by atoms with E-state index >= 15 is 0 Å². The summed E-state index contributed by atoms with van der Waals surface area (Å²) in [4.78, 5) is 0. The van der Waals surface area contributed by atoms with Crippen molar-refractivity contribution < 1.29 is 9.84 Å². The average molecular weight is 140 g/mol. The van der Waals surface area contributed by atoms with Crippen molar-refractivity contribution in [3.8, 4) is 12.0 Å². The molecule has 0 rings (SSSR count). The smallest absolute Gasteiger partial charge is 0.136 e. The van der Waals surface area contributed by atoms with Crippen LogP contribution in [0.15, 0.2) is 12.2 Å². The molecule has 0 aliphatic heterocycles. The summed E-state index contributed by atoms with van der Waals surface area (Å²) in [6.07, 6.45) is 5.00. The van der Waals surface area contributed by atoms with Crippen LogP contribution in [0.1, 0.15) is 13.8 Å². The lowest BCUT2D eigenvalue weighted by Crippen LogP contribution is -1.96. The van der Waals surface area contributed by atoms with Gasteiger partial charge in [-0.3, -0.25) is 0 Å². The van der Waals surface area contributed by atoms with Gasteiger partial charge in [0, 0.05) is 0 Å². The summed E-state index contributed by atoms with van der Waals surface area (Å²) in [5.74, 6) is 2.48. The summed E-state index contributed by atoms with van der Waals surface area (Å²) in [5.41, 5.74) is 0. The monoisotopic (exact) mass is 140 g/mol. The van der Waals surface area contributed by atoms with Gasteiger partial charge in [0.2, 0.25) is 0 Å². The zero-order chi connectivity index (χ0) is 7.82. The molecule has 2 nitrogen and oxygen atoms in total. The van der Waals surface area contributed by atoms with Gasteiger partial charge in [-0.15, -0.1) is 0 Å². The maximum Gasteiger partial charge on any atom is 0.136 e. The average Bonchev–Trinajstić information content (AvgIpc) is 1.89. The number of aliphatic hydroxyl groups excluding tert-OH is 1. The molecule has 56 valence electrons. The van der Waals surface area contributed by atoms with Gasteiger partial charge in [0.25, 0.3) is 0 Å². The zero-order valence-corrected chi connectivity index (χ0v) is 6.29. The highest BCUT2D eigenvalue weighted by molar-refractivity contribution is 5.08. The van der Waals surface area contributed by atoms with Crippen LogP contribution in [0.25, 0.3) is 0 Å². The number of rotatable bonds is 2. The Morgan fingerprint density at radius 2 is 2.40 bits per heavy atom. The van der Waals surface area contributed by atoms with E-state index in [0.29, 0.717) is 6.61 Å². The van der Waals surface area contributed by atoms with Gasteiger partial charge < -0.3 is 9.84 Å². The van der Waals surface area contributed by atoms with Gasteiger partial charge in [-0.25, -0.2) is 0 Å². The maximum absolute atomic E-state index is 8.94. The predicted molar refractivity (Wildman–Crippen MR) is 40.2 cm³/mol. The van der Waals surface area contributed by atoms with Crippen molar-refractivity contribution >= 4 is 0 Å². The maximum atomic E-state index is 8.94. The van der Waals surface area contributed by atoms with E-state index in [-0.39, 0.29) is 0 Å². The minimum atomic E-state index is -0.698. The fourth-order valence-corrected chi connectivity index (χ4v) is 0.405. The van der Waals surface area contributed by atoms with Crippen molar-refractivity contribution in [3.05, 3.63) is 12.2 Å². The Balaban J connectivity index is 3.57. The Morgan fingerprint density at radius 3 is 2.90 bits per heavy atom. The molecule has 1 N–H and O–H groups in total. The Morgan fingerprint density at radius 1 is 1.70 bits per heavy atom. The first kappa shape index (κ1) is 9.06. The summed E-state index contributed by atoms with van der Waals surface area (Å²) >= 11 is 0. The van der Waals surface area contributed by atoms with Crippen LogP contribution in [0.4, 0.5) is 0 Å². The molecule has 0 saturated heterocycles. The quantitative estimate of drug-likeness (QED) is 0.456. The highest BCUT2D eigenvalue weighted by atomic mass is 16.5. The first-order chi connectivity index (χ1) is 4.81. The summed E-state index contributed by atoms with van der Waals surface area (Å²) in [5, 5.41) is 8.94. The van der Waals surface area contributed by atoms with Crippen molar-refractivity contribution in [1.82, 2.24) is 0 Å². The van der Waals surface area contributed by atoms with Crippen molar-refractivity contribution in [2.75, 3.05) is 6.61 Å². The highest BCUT2D eigenvalue weighted by Crippen LogP contribution is 1.81. The molecule has 0 aromatic heterocycles. The molecule has 0 heterocycles. The molecule has 1 atom stereocenters. The molecule has 0 amide bonds. The molecule has 0 aromatic rings. The number of hydrogen-bond donors (Lipinski definition) is 1. The second kappa shape index (κ2) is 6.18. The molecule has 0 aliphatic carbocycles. The van der Waals surface area contributed by atoms with Gasteiger partial charge in [0.05, 0.1) is 6.61 Å². The van der Waals surface area contributed by atoms with Gasteiger partial charge in [0.15, 0.2) is 0 Å². The van der Waals surface area contributed by atoms with Crippen molar-refractivity contribution in [2.45, 2.75) is 20.0 Å². The molecule has 2 heteroatoms. The van der Waals surface area contributed by atoms with Gasteiger partial charge in [-0.2, -0.15) is 0 Å². The number of allylic oxidation sites excluding steroid dienone is 1. The van der Waals surface area contributed by atoms with E-state index in [1.807, 2.05) is 13.8 Å². The van der Waals surface area contributed by atoms with Crippen LogP contribution in [0, 0.1) is 12.0 Å². The van der Waals surface area contributed by atoms with E-state index in [1.54, 1.807) is 12.2 Å². The Kier molecular flexibility index (Phi) is 5.60. The first-order valence-corrected chi connectivity index (χ1v) is 3.24. The van der Waals surface area contributed by atoms with Crippen LogP contribution >= 0.6 is 0 Å². The lowest BCUT2D eigenvalue weighted by atomic mass is 10.3. The Labute approximate surface area is 61.5 Å². The standard InChI is InChI=1S/C8H12O2/c1-3-5-8(9)6-7-10-4-2/h3,5,8-9H,4H2,1-2H3/b5-3+. The molecular formula is C8H12O2. The third-order valence-corrected chi connectivity index (χ3v) is 0.798. The summed E-state index contributed by atoms with van der Waals surface area (Å²) in [7, 11) is 0. The molecule has 0 aliphatic rings. The van der Waals surface area contributed by atoms with Crippen LogP contribution in [0.2, 0.25) is 0 Å². The molecule has 0 bridgehead atoms. The fourth-order valence-electron chi connectivity index (χ4n) is 0.405. The Hall–Kier alpha value is -0.940. The predicted octanol–water partition coefficient (Wildman–Crippen LogP) is 0.921. The molecule has 0 spiro atoms. The number of aliphatic hydroxyl groups is 1. The molecule has 0 fully saturated rings. The minimum Gasteiger partial charge on any atom is -0.447 e. The molecule has 1 unspecified atom stereocenters. The number of hydrogen-bond acceptors (Lipinski definition) is 2. The second-order valence-corrected chi connectivity index (χ2v) is 1.65. The molecule has 0 saturated carbocycles. The molecular weight excluding hydrogens is 128 g/mol. The second-order valence-electron chi connectivity index (χ2n) is 1.65. The van der Waals surface area contributed by atoms with E-state index < -0.39 is 6.10 Å². The van der Waals surface area contributed by atoms with Crippen LogP contribution in [0.5, 0.6) is 0 Å².